The lowest BCUT2D eigenvalue weighted by molar-refractivity contribution is 0.210. The molecule has 0 spiro atoms. The quantitative estimate of drug-likeness (QED) is 0.390. The van der Waals surface area contributed by atoms with Gasteiger partial charge >= 0.3 is 0 Å². The fourth-order valence-corrected chi connectivity index (χ4v) is 3.25. The number of nitrogens with one attached hydrogen (secondary N) is 2. The number of nitrogens with zero attached hydrogens (tertiary/aromatic N) is 2. The number of aliphatic imine (C=N–C) groups is 1. The van der Waals surface area contributed by atoms with E-state index < -0.39 is 0 Å². The third-order valence-corrected chi connectivity index (χ3v) is 4.68. The van der Waals surface area contributed by atoms with E-state index in [-0.39, 0.29) is 24.0 Å². The van der Waals surface area contributed by atoms with E-state index in [0.29, 0.717) is 5.92 Å². The van der Waals surface area contributed by atoms with Crippen LogP contribution >= 0.6 is 24.0 Å². The molecule has 1 aromatic carbocycles. The standard InChI is InChI=1S/C19H32N4O.HI/c1-15-7-8-16(12-18(15)24-4)9-10-21-19(20-2)22-13-17-6-5-11-23(3)14-17;/h7-8,12,17H,5-6,9-11,13-14H2,1-4H3,(H2,20,21,22);1H. The number of rotatable bonds is 6. The van der Waals surface area contributed by atoms with Gasteiger partial charge in [-0.2, -0.15) is 0 Å². The molecular weight excluding hydrogens is 427 g/mol. The first-order chi connectivity index (χ1) is 11.6. The summed E-state index contributed by atoms with van der Waals surface area (Å²) >= 11 is 0. The summed E-state index contributed by atoms with van der Waals surface area (Å²) in [5.41, 5.74) is 2.44. The molecule has 25 heavy (non-hydrogen) atoms. The Bertz CT molecular complexity index is 550. The molecule has 0 bridgehead atoms. The maximum atomic E-state index is 5.39. The smallest absolute Gasteiger partial charge is 0.190 e. The van der Waals surface area contributed by atoms with E-state index in [4.69, 9.17) is 4.74 Å². The van der Waals surface area contributed by atoms with Gasteiger partial charge in [-0.3, -0.25) is 4.99 Å². The third kappa shape index (κ3) is 7.40. The number of methoxy groups -OCH3 is 1. The first kappa shape index (κ1) is 22.0. The zero-order valence-corrected chi connectivity index (χ0v) is 18.3. The zero-order chi connectivity index (χ0) is 17.4. The molecule has 6 heteroatoms. The highest BCUT2D eigenvalue weighted by molar-refractivity contribution is 14.0. The molecule has 1 heterocycles. The maximum absolute atomic E-state index is 5.39. The van der Waals surface area contributed by atoms with Crippen LogP contribution in [-0.4, -0.2) is 58.2 Å². The van der Waals surface area contributed by atoms with Gasteiger partial charge in [-0.15, -0.1) is 24.0 Å². The molecule has 5 nitrogen and oxygen atoms in total. The predicted molar refractivity (Wildman–Crippen MR) is 116 cm³/mol. The first-order valence-electron chi connectivity index (χ1n) is 8.89. The van der Waals surface area contributed by atoms with Crippen molar-refractivity contribution in [3.8, 4) is 5.75 Å². The number of likely N-dealkylation sites (tertiary alicyclic amines) is 1. The van der Waals surface area contributed by atoms with E-state index in [2.05, 4.69) is 52.7 Å². The Morgan fingerprint density at radius 1 is 1.36 bits per heavy atom. The molecular formula is C19H33IN4O. The Labute approximate surface area is 169 Å². The Balaban J connectivity index is 0.00000312. The average Bonchev–Trinajstić information content (AvgIpc) is 2.59. The van der Waals surface area contributed by atoms with Crippen molar-refractivity contribution in [3.05, 3.63) is 29.3 Å². The van der Waals surface area contributed by atoms with Gasteiger partial charge in [-0.25, -0.2) is 0 Å². The van der Waals surface area contributed by atoms with Crippen LogP contribution in [0.2, 0.25) is 0 Å². The van der Waals surface area contributed by atoms with E-state index in [1.807, 2.05) is 7.05 Å². The highest BCUT2D eigenvalue weighted by Crippen LogP contribution is 2.19. The van der Waals surface area contributed by atoms with Crippen molar-refractivity contribution < 1.29 is 4.74 Å². The minimum atomic E-state index is 0. The van der Waals surface area contributed by atoms with Crippen molar-refractivity contribution >= 4 is 29.9 Å². The lowest BCUT2D eigenvalue weighted by Gasteiger charge is -2.30. The molecule has 1 saturated heterocycles. The normalized spacial score (nSPS) is 18.4. The summed E-state index contributed by atoms with van der Waals surface area (Å²) in [6, 6.07) is 6.39. The summed E-state index contributed by atoms with van der Waals surface area (Å²) in [6.45, 7) is 6.31. The van der Waals surface area contributed by atoms with E-state index in [1.54, 1.807) is 7.11 Å². The van der Waals surface area contributed by atoms with Crippen LogP contribution in [0.5, 0.6) is 5.75 Å². The highest BCUT2D eigenvalue weighted by atomic mass is 127. The topological polar surface area (TPSA) is 48.9 Å². The monoisotopic (exact) mass is 460 g/mol. The van der Waals surface area contributed by atoms with E-state index in [9.17, 15) is 0 Å². The Hall–Kier alpha value is -1.02. The fourth-order valence-electron chi connectivity index (χ4n) is 3.25. The van der Waals surface area contributed by atoms with Crippen molar-refractivity contribution in [1.82, 2.24) is 15.5 Å². The number of aryl methyl sites for hydroxylation is 1. The van der Waals surface area contributed by atoms with Crippen LogP contribution in [0.25, 0.3) is 0 Å². The van der Waals surface area contributed by atoms with Crippen molar-refractivity contribution in [2.75, 3.05) is 47.4 Å². The molecule has 1 aliphatic rings. The van der Waals surface area contributed by atoms with Gasteiger partial charge in [0, 0.05) is 26.7 Å². The molecule has 1 aromatic rings. The Morgan fingerprint density at radius 2 is 2.16 bits per heavy atom. The van der Waals surface area contributed by atoms with Gasteiger partial charge in [-0.05, 0) is 62.9 Å². The summed E-state index contributed by atoms with van der Waals surface area (Å²) in [5.74, 6) is 2.56. The molecule has 1 fully saturated rings. The number of piperidine rings is 1. The number of ether oxygens (including phenoxy) is 1. The SMILES string of the molecule is CN=C(NCCc1ccc(C)c(OC)c1)NCC1CCCN(C)C1.I. The van der Waals surface area contributed by atoms with Crippen LogP contribution in [0.3, 0.4) is 0 Å². The Kier molecular flexibility index (Phi) is 10.2. The lowest BCUT2D eigenvalue weighted by Crippen LogP contribution is -2.44. The minimum Gasteiger partial charge on any atom is -0.496 e. The van der Waals surface area contributed by atoms with Gasteiger partial charge in [0.2, 0.25) is 0 Å². The molecule has 1 atom stereocenters. The molecule has 0 amide bonds. The Morgan fingerprint density at radius 3 is 2.84 bits per heavy atom. The largest absolute Gasteiger partial charge is 0.496 e. The minimum absolute atomic E-state index is 0. The molecule has 1 unspecified atom stereocenters. The summed E-state index contributed by atoms with van der Waals surface area (Å²) in [6.07, 6.45) is 3.55. The molecule has 2 N–H and O–H groups in total. The van der Waals surface area contributed by atoms with Crippen molar-refractivity contribution in [1.29, 1.82) is 0 Å². The van der Waals surface area contributed by atoms with E-state index >= 15 is 0 Å². The predicted octanol–water partition coefficient (Wildman–Crippen LogP) is 2.67. The first-order valence-corrected chi connectivity index (χ1v) is 8.89. The zero-order valence-electron chi connectivity index (χ0n) is 16.0. The number of halogens is 1. The number of benzene rings is 1. The molecule has 0 saturated carbocycles. The van der Waals surface area contributed by atoms with Crippen LogP contribution in [0, 0.1) is 12.8 Å². The summed E-state index contributed by atoms with van der Waals surface area (Å²) in [7, 11) is 5.76. The van der Waals surface area contributed by atoms with E-state index in [0.717, 1.165) is 31.2 Å². The number of hydrogen-bond donors (Lipinski definition) is 2. The van der Waals surface area contributed by atoms with Gasteiger partial charge in [-0.1, -0.05) is 12.1 Å². The fraction of sp³-hybridized carbons (Fsp3) is 0.632. The lowest BCUT2D eigenvalue weighted by atomic mass is 9.99. The van der Waals surface area contributed by atoms with Gasteiger partial charge < -0.3 is 20.3 Å². The number of guanidine groups is 1. The summed E-state index contributed by atoms with van der Waals surface area (Å²) in [5, 5.41) is 6.87. The second kappa shape index (κ2) is 11.6. The van der Waals surface area contributed by atoms with Gasteiger partial charge in [0.1, 0.15) is 5.75 Å². The second-order valence-corrected chi connectivity index (χ2v) is 6.70. The van der Waals surface area contributed by atoms with Gasteiger partial charge in [0.25, 0.3) is 0 Å². The molecule has 1 aliphatic heterocycles. The van der Waals surface area contributed by atoms with Crippen LogP contribution in [0.15, 0.2) is 23.2 Å². The van der Waals surface area contributed by atoms with Crippen LogP contribution in [-0.2, 0) is 6.42 Å². The van der Waals surface area contributed by atoms with E-state index in [1.165, 1.54) is 37.1 Å². The molecule has 142 valence electrons. The molecule has 0 aromatic heterocycles. The molecule has 0 aliphatic carbocycles. The van der Waals surface area contributed by atoms with Gasteiger partial charge in [0.15, 0.2) is 5.96 Å². The van der Waals surface area contributed by atoms with Crippen molar-refractivity contribution in [2.24, 2.45) is 10.9 Å². The highest BCUT2D eigenvalue weighted by Gasteiger charge is 2.17. The van der Waals surface area contributed by atoms with Crippen molar-refractivity contribution in [3.63, 3.8) is 0 Å². The maximum Gasteiger partial charge on any atom is 0.190 e. The van der Waals surface area contributed by atoms with Crippen LogP contribution in [0.1, 0.15) is 24.0 Å². The summed E-state index contributed by atoms with van der Waals surface area (Å²) < 4.78 is 5.39. The second-order valence-electron chi connectivity index (χ2n) is 6.70. The van der Waals surface area contributed by atoms with Crippen LogP contribution < -0.4 is 15.4 Å². The third-order valence-electron chi connectivity index (χ3n) is 4.68. The molecule has 0 radical (unpaired) electrons. The average molecular weight is 460 g/mol. The number of hydrogen-bond acceptors (Lipinski definition) is 3. The summed E-state index contributed by atoms with van der Waals surface area (Å²) in [4.78, 5) is 6.74. The van der Waals surface area contributed by atoms with Gasteiger partial charge in [0.05, 0.1) is 7.11 Å². The molecule has 2 rings (SSSR count). The van der Waals surface area contributed by atoms with Crippen LogP contribution in [0.4, 0.5) is 0 Å². The van der Waals surface area contributed by atoms with Crippen molar-refractivity contribution in [2.45, 2.75) is 26.2 Å².